The molecule has 4 rings (SSSR count). The number of benzene rings is 1. The Bertz CT molecular complexity index is 673. The molecule has 2 bridgehead atoms. The monoisotopic (exact) mass is 314 g/mol. The number of nitrogens with one attached hydrogen (secondary N) is 1. The number of carboxylic acid groups (broad SMARTS) is 1. The zero-order valence-electron chi connectivity index (χ0n) is 13.2. The molecule has 1 aromatic rings. The molecule has 3 atom stereocenters. The molecule has 2 fully saturated rings. The largest absolute Gasteiger partial charge is 0.478 e. The number of anilines is 1. The first-order valence-corrected chi connectivity index (χ1v) is 8.26. The molecule has 0 spiro atoms. The molecule has 0 aliphatic carbocycles. The zero-order valence-corrected chi connectivity index (χ0v) is 13.2. The summed E-state index contributed by atoms with van der Waals surface area (Å²) in [5, 5.41) is 24.0. The van der Waals surface area contributed by atoms with Crippen LogP contribution in [0.15, 0.2) is 30.3 Å². The van der Waals surface area contributed by atoms with E-state index in [0.29, 0.717) is 23.3 Å². The number of aliphatic hydroxyl groups is 1. The normalized spacial score (nSPS) is 36.1. The van der Waals surface area contributed by atoms with Gasteiger partial charge in [-0.25, -0.2) is 4.79 Å². The van der Waals surface area contributed by atoms with Crippen molar-refractivity contribution in [3.63, 3.8) is 0 Å². The molecule has 3 heterocycles. The van der Waals surface area contributed by atoms with Crippen molar-refractivity contribution in [2.45, 2.75) is 43.5 Å². The fourth-order valence-electron chi connectivity index (χ4n) is 4.54. The van der Waals surface area contributed by atoms with Crippen LogP contribution < -0.4 is 5.32 Å². The van der Waals surface area contributed by atoms with E-state index in [1.54, 1.807) is 6.07 Å². The highest BCUT2D eigenvalue weighted by molar-refractivity contribution is 6.18. The van der Waals surface area contributed by atoms with Crippen LogP contribution in [0.1, 0.15) is 31.2 Å². The SMILES string of the molecule is CN1C2CCC1CC(C1(O)C=C(C(=O)O)c3ccccc3N1)C2. The number of carbonyl (C=O) groups is 1. The smallest absolute Gasteiger partial charge is 0.336 e. The summed E-state index contributed by atoms with van der Waals surface area (Å²) < 4.78 is 0. The van der Waals surface area contributed by atoms with Crippen molar-refractivity contribution < 1.29 is 15.0 Å². The molecule has 0 radical (unpaired) electrons. The number of aliphatic carboxylic acids is 1. The predicted molar refractivity (Wildman–Crippen MR) is 87.9 cm³/mol. The van der Waals surface area contributed by atoms with E-state index in [4.69, 9.17) is 0 Å². The van der Waals surface area contributed by atoms with Crippen LogP contribution in [0, 0.1) is 5.92 Å². The molecule has 5 nitrogen and oxygen atoms in total. The van der Waals surface area contributed by atoms with Gasteiger partial charge in [0.2, 0.25) is 0 Å². The molecule has 3 aliphatic heterocycles. The van der Waals surface area contributed by atoms with Gasteiger partial charge in [0.25, 0.3) is 0 Å². The molecule has 3 aliphatic rings. The minimum Gasteiger partial charge on any atom is -0.478 e. The van der Waals surface area contributed by atoms with E-state index in [1.807, 2.05) is 18.2 Å². The average Bonchev–Trinajstić information content (AvgIpc) is 2.75. The van der Waals surface area contributed by atoms with Gasteiger partial charge < -0.3 is 20.4 Å². The second-order valence-corrected chi connectivity index (χ2v) is 7.08. The molecule has 2 saturated heterocycles. The Kier molecular flexibility index (Phi) is 3.25. The number of para-hydroxylation sites is 1. The summed E-state index contributed by atoms with van der Waals surface area (Å²) in [4.78, 5) is 14.1. The number of nitrogens with zero attached hydrogens (tertiary/aromatic N) is 1. The Morgan fingerprint density at radius 1 is 1.26 bits per heavy atom. The van der Waals surface area contributed by atoms with E-state index in [9.17, 15) is 15.0 Å². The van der Waals surface area contributed by atoms with Crippen LogP contribution in [0.25, 0.3) is 5.57 Å². The Hall–Kier alpha value is -1.85. The second kappa shape index (κ2) is 5.08. The quantitative estimate of drug-likeness (QED) is 0.780. The fourth-order valence-corrected chi connectivity index (χ4v) is 4.54. The lowest BCUT2D eigenvalue weighted by Crippen LogP contribution is -2.52. The molecule has 0 saturated carbocycles. The van der Waals surface area contributed by atoms with E-state index in [2.05, 4.69) is 17.3 Å². The molecule has 1 aromatic carbocycles. The van der Waals surface area contributed by atoms with Crippen molar-refractivity contribution in [1.29, 1.82) is 0 Å². The predicted octanol–water partition coefficient (Wildman–Crippen LogP) is 2.14. The van der Waals surface area contributed by atoms with Gasteiger partial charge in [-0.15, -0.1) is 0 Å². The summed E-state index contributed by atoms with van der Waals surface area (Å²) in [6.45, 7) is 0. The highest BCUT2D eigenvalue weighted by atomic mass is 16.4. The summed E-state index contributed by atoms with van der Waals surface area (Å²) in [6.07, 6.45) is 5.64. The fraction of sp³-hybridized carbons (Fsp3) is 0.500. The lowest BCUT2D eigenvalue weighted by atomic mass is 9.79. The third-order valence-electron chi connectivity index (χ3n) is 5.87. The van der Waals surface area contributed by atoms with Gasteiger partial charge in [-0.3, -0.25) is 0 Å². The number of rotatable bonds is 2. The second-order valence-electron chi connectivity index (χ2n) is 7.08. The van der Waals surface area contributed by atoms with Gasteiger partial charge in [-0.05, 0) is 44.9 Å². The maximum Gasteiger partial charge on any atom is 0.336 e. The van der Waals surface area contributed by atoms with E-state index in [0.717, 1.165) is 12.8 Å². The Balaban J connectivity index is 1.71. The molecule has 122 valence electrons. The number of carboxylic acids is 1. The van der Waals surface area contributed by atoms with Gasteiger partial charge >= 0.3 is 5.97 Å². The molecule has 5 heteroatoms. The van der Waals surface area contributed by atoms with Gasteiger partial charge in [0.1, 0.15) is 0 Å². The van der Waals surface area contributed by atoms with E-state index < -0.39 is 11.7 Å². The van der Waals surface area contributed by atoms with Crippen LogP contribution >= 0.6 is 0 Å². The minimum atomic E-state index is -1.29. The topological polar surface area (TPSA) is 72.8 Å². The van der Waals surface area contributed by atoms with Crippen molar-refractivity contribution in [1.82, 2.24) is 4.90 Å². The number of piperidine rings is 1. The first-order valence-electron chi connectivity index (χ1n) is 8.26. The number of fused-ring (bicyclic) bond motifs is 3. The van der Waals surface area contributed by atoms with Crippen molar-refractivity contribution >= 4 is 17.2 Å². The maximum atomic E-state index is 11.7. The average molecular weight is 314 g/mol. The van der Waals surface area contributed by atoms with Crippen LogP contribution in [-0.2, 0) is 4.79 Å². The lowest BCUT2D eigenvalue weighted by Gasteiger charge is -2.45. The first kappa shape index (κ1) is 14.7. The zero-order chi connectivity index (χ0) is 16.2. The summed E-state index contributed by atoms with van der Waals surface area (Å²) in [5.41, 5.74) is 0.236. The molecule has 3 N–H and O–H groups in total. The Morgan fingerprint density at radius 3 is 2.57 bits per heavy atom. The van der Waals surface area contributed by atoms with Crippen molar-refractivity contribution in [3.05, 3.63) is 35.9 Å². The van der Waals surface area contributed by atoms with Gasteiger partial charge in [-0.1, -0.05) is 18.2 Å². The number of hydrogen-bond donors (Lipinski definition) is 3. The van der Waals surface area contributed by atoms with Crippen LogP contribution in [0.4, 0.5) is 5.69 Å². The highest BCUT2D eigenvalue weighted by Crippen LogP contribution is 2.45. The Labute approximate surface area is 135 Å². The van der Waals surface area contributed by atoms with E-state index >= 15 is 0 Å². The molecule has 3 unspecified atom stereocenters. The Morgan fingerprint density at radius 2 is 1.91 bits per heavy atom. The third-order valence-corrected chi connectivity index (χ3v) is 5.87. The molecular weight excluding hydrogens is 292 g/mol. The molecule has 23 heavy (non-hydrogen) atoms. The van der Waals surface area contributed by atoms with Gasteiger partial charge in [0.05, 0.1) is 5.57 Å². The minimum absolute atomic E-state index is 0.0268. The third kappa shape index (κ3) is 2.26. The highest BCUT2D eigenvalue weighted by Gasteiger charge is 2.47. The van der Waals surface area contributed by atoms with E-state index in [1.165, 1.54) is 18.9 Å². The van der Waals surface area contributed by atoms with Crippen LogP contribution in [0.5, 0.6) is 0 Å². The van der Waals surface area contributed by atoms with Crippen LogP contribution in [0.2, 0.25) is 0 Å². The van der Waals surface area contributed by atoms with Gasteiger partial charge in [0, 0.05) is 29.3 Å². The standard InChI is InChI=1S/C18H22N2O3/c1-20-12-6-7-13(20)9-11(8-12)18(23)10-15(17(21)22)14-4-2-3-5-16(14)19-18/h2-5,10-13,19,23H,6-9H2,1H3,(H,21,22). The van der Waals surface area contributed by atoms with Crippen LogP contribution in [-0.4, -0.2) is 45.9 Å². The first-order chi connectivity index (χ1) is 11.0. The van der Waals surface area contributed by atoms with Crippen molar-refractivity contribution in [3.8, 4) is 0 Å². The summed E-state index contributed by atoms with van der Waals surface area (Å²) in [5.74, 6) is -0.966. The summed E-state index contributed by atoms with van der Waals surface area (Å²) in [7, 11) is 2.16. The van der Waals surface area contributed by atoms with Gasteiger partial charge in [0.15, 0.2) is 5.72 Å². The molecule has 0 amide bonds. The van der Waals surface area contributed by atoms with Gasteiger partial charge in [-0.2, -0.15) is 0 Å². The van der Waals surface area contributed by atoms with Crippen LogP contribution in [0.3, 0.4) is 0 Å². The summed E-state index contributed by atoms with van der Waals surface area (Å²) in [6, 6.07) is 8.26. The van der Waals surface area contributed by atoms with Crippen molar-refractivity contribution in [2.24, 2.45) is 5.92 Å². The van der Waals surface area contributed by atoms with Crippen molar-refractivity contribution in [2.75, 3.05) is 12.4 Å². The van der Waals surface area contributed by atoms with E-state index in [-0.39, 0.29) is 11.5 Å². The molecular formula is C18H22N2O3. The number of hydrogen-bond acceptors (Lipinski definition) is 4. The molecule has 0 aromatic heterocycles. The lowest BCUT2D eigenvalue weighted by molar-refractivity contribution is -0.130. The maximum absolute atomic E-state index is 11.7. The summed E-state index contributed by atoms with van der Waals surface area (Å²) >= 11 is 0.